The van der Waals surface area contributed by atoms with E-state index < -0.39 is 0 Å². The Kier molecular flexibility index (Phi) is 3.03. The Bertz CT molecular complexity index is 415. The highest BCUT2D eigenvalue weighted by Crippen LogP contribution is 2.05. The predicted octanol–water partition coefficient (Wildman–Crippen LogP) is 0.229. The first-order valence-corrected chi connectivity index (χ1v) is 4.64. The summed E-state index contributed by atoms with van der Waals surface area (Å²) in [6, 6.07) is 0. The summed E-state index contributed by atoms with van der Waals surface area (Å²) >= 11 is 5.67. The molecule has 2 heterocycles. The second-order valence-electron chi connectivity index (χ2n) is 2.69. The average molecular weight is 226 g/mol. The molecular weight excluding hydrogens is 218 g/mol. The van der Waals surface area contributed by atoms with Gasteiger partial charge in [-0.25, -0.2) is 4.98 Å². The molecule has 0 aliphatic carbocycles. The standard InChI is InChI=1S/C7H8ClN7/c8-6-3-9-4-7(13-6)10-1-2-15-12-5-11-14-15/h3-5H,1-2H2,(H,10,13). The van der Waals surface area contributed by atoms with Gasteiger partial charge in [-0.2, -0.15) is 4.80 Å². The van der Waals surface area contributed by atoms with Gasteiger partial charge in [-0.1, -0.05) is 11.6 Å². The SMILES string of the molecule is Clc1cncc(NCCn2ncnn2)n1. The molecule has 0 aliphatic heterocycles. The number of hydrogen-bond acceptors (Lipinski definition) is 6. The van der Waals surface area contributed by atoms with Crippen molar-refractivity contribution in [2.45, 2.75) is 6.54 Å². The molecule has 0 radical (unpaired) electrons. The number of anilines is 1. The average Bonchev–Trinajstić information content (AvgIpc) is 2.71. The van der Waals surface area contributed by atoms with E-state index in [9.17, 15) is 0 Å². The molecule has 78 valence electrons. The number of nitrogens with zero attached hydrogens (tertiary/aromatic N) is 6. The minimum absolute atomic E-state index is 0.360. The topological polar surface area (TPSA) is 81.4 Å². The van der Waals surface area contributed by atoms with Crippen LogP contribution in [-0.4, -0.2) is 36.7 Å². The van der Waals surface area contributed by atoms with E-state index in [0.717, 1.165) is 0 Å². The van der Waals surface area contributed by atoms with Crippen molar-refractivity contribution in [3.05, 3.63) is 23.9 Å². The summed E-state index contributed by atoms with van der Waals surface area (Å²) in [6.07, 6.45) is 4.46. The first-order chi connectivity index (χ1) is 7.34. The summed E-state index contributed by atoms with van der Waals surface area (Å²) in [5, 5.41) is 14.6. The minimum atomic E-state index is 0.360. The summed E-state index contributed by atoms with van der Waals surface area (Å²) in [4.78, 5) is 9.39. The summed E-state index contributed by atoms with van der Waals surface area (Å²) in [5.74, 6) is 0.627. The maximum atomic E-state index is 5.67. The second kappa shape index (κ2) is 4.65. The fourth-order valence-corrected chi connectivity index (χ4v) is 1.15. The molecule has 0 fully saturated rings. The molecule has 7 nitrogen and oxygen atoms in total. The summed E-state index contributed by atoms with van der Waals surface area (Å²) in [6.45, 7) is 1.24. The van der Waals surface area contributed by atoms with Gasteiger partial charge in [0, 0.05) is 6.54 Å². The summed E-state index contributed by atoms with van der Waals surface area (Å²) < 4.78 is 0. The number of hydrogen-bond donors (Lipinski definition) is 1. The first kappa shape index (κ1) is 9.78. The second-order valence-corrected chi connectivity index (χ2v) is 3.07. The van der Waals surface area contributed by atoms with Crippen LogP contribution in [0.5, 0.6) is 0 Å². The molecule has 0 amide bonds. The Labute approximate surface area is 90.5 Å². The van der Waals surface area contributed by atoms with E-state index in [2.05, 4.69) is 30.7 Å². The quantitative estimate of drug-likeness (QED) is 0.802. The maximum absolute atomic E-state index is 5.67. The van der Waals surface area contributed by atoms with E-state index in [-0.39, 0.29) is 0 Å². The largest absolute Gasteiger partial charge is 0.367 e. The van der Waals surface area contributed by atoms with E-state index in [1.807, 2.05) is 0 Å². The van der Waals surface area contributed by atoms with Crippen molar-refractivity contribution in [1.29, 1.82) is 0 Å². The lowest BCUT2D eigenvalue weighted by Gasteiger charge is -2.03. The lowest BCUT2D eigenvalue weighted by molar-refractivity contribution is 0.538. The molecule has 2 aromatic rings. The van der Waals surface area contributed by atoms with Gasteiger partial charge in [-0.15, -0.1) is 10.2 Å². The van der Waals surface area contributed by atoms with Crippen LogP contribution in [0.2, 0.25) is 5.15 Å². The number of aromatic nitrogens is 6. The molecule has 0 aliphatic rings. The fraction of sp³-hybridized carbons (Fsp3) is 0.286. The number of rotatable bonds is 4. The Morgan fingerprint density at radius 2 is 2.33 bits per heavy atom. The van der Waals surface area contributed by atoms with Crippen LogP contribution in [0.25, 0.3) is 0 Å². The highest BCUT2D eigenvalue weighted by atomic mass is 35.5. The van der Waals surface area contributed by atoms with Crippen LogP contribution in [0, 0.1) is 0 Å². The highest BCUT2D eigenvalue weighted by molar-refractivity contribution is 6.29. The molecule has 8 heteroatoms. The molecule has 15 heavy (non-hydrogen) atoms. The van der Waals surface area contributed by atoms with Gasteiger partial charge in [0.15, 0.2) is 6.33 Å². The third-order valence-corrected chi connectivity index (χ3v) is 1.80. The van der Waals surface area contributed by atoms with Gasteiger partial charge in [0.2, 0.25) is 0 Å². The molecule has 0 saturated heterocycles. The smallest absolute Gasteiger partial charge is 0.162 e. The normalized spacial score (nSPS) is 10.2. The van der Waals surface area contributed by atoms with Crippen LogP contribution in [0.15, 0.2) is 18.7 Å². The molecule has 0 bridgehead atoms. The predicted molar refractivity (Wildman–Crippen MR) is 53.3 cm³/mol. The zero-order valence-corrected chi connectivity index (χ0v) is 8.46. The van der Waals surface area contributed by atoms with Crippen LogP contribution in [0.1, 0.15) is 0 Å². The van der Waals surface area contributed by atoms with Gasteiger partial charge in [0.05, 0.1) is 18.9 Å². The third kappa shape index (κ3) is 2.84. The summed E-state index contributed by atoms with van der Waals surface area (Å²) in [7, 11) is 0. The number of halogens is 1. The summed E-state index contributed by atoms with van der Waals surface area (Å²) in [5.41, 5.74) is 0. The molecule has 2 aromatic heterocycles. The van der Waals surface area contributed by atoms with E-state index in [0.29, 0.717) is 24.1 Å². The molecule has 0 atom stereocenters. The van der Waals surface area contributed by atoms with Crippen LogP contribution in [0.3, 0.4) is 0 Å². The van der Waals surface area contributed by atoms with Crippen LogP contribution in [-0.2, 0) is 6.54 Å². The van der Waals surface area contributed by atoms with Gasteiger partial charge in [0.1, 0.15) is 11.0 Å². The number of tetrazole rings is 1. The molecular formula is C7H8ClN7. The van der Waals surface area contributed by atoms with Gasteiger partial charge in [-0.3, -0.25) is 4.98 Å². The molecule has 2 rings (SSSR count). The van der Waals surface area contributed by atoms with Crippen molar-refractivity contribution < 1.29 is 0 Å². The zero-order valence-electron chi connectivity index (χ0n) is 7.71. The Morgan fingerprint density at radius 1 is 1.40 bits per heavy atom. The van der Waals surface area contributed by atoms with Gasteiger partial charge >= 0.3 is 0 Å². The van der Waals surface area contributed by atoms with Gasteiger partial charge < -0.3 is 5.32 Å². The number of nitrogens with one attached hydrogen (secondary N) is 1. The fourth-order valence-electron chi connectivity index (χ4n) is 1.00. The van der Waals surface area contributed by atoms with Crippen LogP contribution < -0.4 is 5.32 Å². The van der Waals surface area contributed by atoms with Gasteiger partial charge in [-0.05, 0) is 5.21 Å². The van der Waals surface area contributed by atoms with Crippen molar-refractivity contribution in [2.24, 2.45) is 0 Å². The first-order valence-electron chi connectivity index (χ1n) is 4.27. The van der Waals surface area contributed by atoms with E-state index in [4.69, 9.17) is 11.6 Å². The molecule has 1 N–H and O–H groups in total. The van der Waals surface area contributed by atoms with Crippen molar-refractivity contribution in [1.82, 2.24) is 30.2 Å². The third-order valence-electron chi connectivity index (χ3n) is 1.61. The van der Waals surface area contributed by atoms with E-state index in [1.165, 1.54) is 17.3 Å². The molecule has 0 aromatic carbocycles. The zero-order chi connectivity index (χ0) is 10.5. The Balaban J connectivity index is 1.83. The van der Waals surface area contributed by atoms with Crippen molar-refractivity contribution >= 4 is 17.4 Å². The minimum Gasteiger partial charge on any atom is -0.367 e. The van der Waals surface area contributed by atoms with E-state index in [1.54, 1.807) is 6.20 Å². The van der Waals surface area contributed by atoms with Gasteiger partial charge in [0.25, 0.3) is 0 Å². The van der Waals surface area contributed by atoms with Crippen LogP contribution in [0.4, 0.5) is 5.82 Å². The molecule has 0 saturated carbocycles. The van der Waals surface area contributed by atoms with E-state index >= 15 is 0 Å². The maximum Gasteiger partial charge on any atom is 0.162 e. The monoisotopic (exact) mass is 225 g/mol. The van der Waals surface area contributed by atoms with Crippen LogP contribution >= 0.6 is 11.6 Å². The molecule has 0 unspecified atom stereocenters. The molecule has 0 spiro atoms. The highest BCUT2D eigenvalue weighted by Gasteiger charge is 1.96. The van der Waals surface area contributed by atoms with Crippen molar-refractivity contribution in [3.63, 3.8) is 0 Å². The van der Waals surface area contributed by atoms with Crippen molar-refractivity contribution in [3.8, 4) is 0 Å². The lowest BCUT2D eigenvalue weighted by atomic mass is 10.6. The lowest BCUT2D eigenvalue weighted by Crippen LogP contribution is -2.13. The Morgan fingerprint density at radius 3 is 3.07 bits per heavy atom. The Hall–Kier alpha value is -1.76. The van der Waals surface area contributed by atoms with Crippen molar-refractivity contribution in [2.75, 3.05) is 11.9 Å².